The summed E-state index contributed by atoms with van der Waals surface area (Å²) < 4.78 is 0. The summed E-state index contributed by atoms with van der Waals surface area (Å²) in [7, 11) is 0. The van der Waals surface area contributed by atoms with Crippen LogP contribution in [0.3, 0.4) is 0 Å². The van der Waals surface area contributed by atoms with E-state index in [0.29, 0.717) is 5.56 Å². The number of nitrogens with zero attached hydrogens (tertiary/aromatic N) is 1. The highest BCUT2D eigenvalue weighted by Crippen LogP contribution is 2.23. The van der Waals surface area contributed by atoms with E-state index in [2.05, 4.69) is 5.32 Å². The average molecular weight is 315 g/mol. The summed E-state index contributed by atoms with van der Waals surface area (Å²) in [5.74, 6) is -0.299. The van der Waals surface area contributed by atoms with Crippen LogP contribution in [0.25, 0.3) is 0 Å². The number of amides is 1. The van der Waals surface area contributed by atoms with Crippen molar-refractivity contribution in [3.8, 4) is 0 Å². The molecule has 0 aliphatic carbocycles. The van der Waals surface area contributed by atoms with Crippen LogP contribution < -0.4 is 5.32 Å². The highest BCUT2D eigenvalue weighted by Gasteiger charge is 2.25. The molecule has 1 rings (SSSR count). The molecular formula is C14H19ClN2O4. The maximum absolute atomic E-state index is 11.8. The van der Waals surface area contributed by atoms with Gasteiger partial charge in [-0.1, -0.05) is 31.5 Å². The molecule has 1 aromatic carbocycles. The van der Waals surface area contributed by atoms with Crippen molar-refractivity contribution >= 4 is 23.2 Å². The zero-order chi connectivity index (χ0) is 16.2. The molecule has 1 aromatic rings. The minimum Gasteiger partial charge on any atom is -0.388 e. The molecule has 0 aromatic heterocycles. The summed E-state index contributed by atoms with van der Waals surface area (Å²) in [6.45, 7) is 5.50. The minimum absolute atomic E-state index is 0.000706. The fourth-order valence-electron chi connectivity index (χ4n) is 1.51. The Balaban J connectivity index is 2.66. The van der Waals surface area contributed by atoms with Crippen molar-refractivity contribution in [1.29, 1.82) is 0 Å². The van der Waals surface area contributed by atoms with Crippen molar-refractivity contribution in [3.63, 3.8) is 0 Å². The lowest BCUT2D eigenvalue weighted by Gasteiger charge is -2.27. The number of hydrogen-bond acceptors (Lipinski definition) is 4. The number of aliphatic hydroxyl groups is 1. The smallest absolute Gasteiger partial charge is 0.270 e. The molecule has 0 aliphatic heterocycles. The second-order valence-electron chi connectivity index (χ2n) is 5.50. The van der Waals surface area contributed by atoms with Gasteiger partial charge in [0.05, 0.1) is 22.0 Å². The maximum atomic E-state index is 11.8. The number of nitro groups is 1. The first-order valence-corrected chi connectivity index (χ1v) is 6.93. The summed E-state index contributed by atoms with van der Waals surface area (Å²) in [5, 5.41) is 23.5. The lowest BCUT2D eigenvalue weighted by Crippen LogP contribution is -2.44. The molecule has 1 atom stereocenters. The molecule has 0 saturated heterocycles. The van der Waals surface area contributed by atoms with E-state index < -0.39 is 10.5 Å². The fourth-order valence-corrected chi connectivity index (χ4v) is 1.75. The molecule has 6 nitrogen and oxygen atoms in total. The maximum Gasteiger partial charge on any atom is 0.270 e. The Morgan fingerprint density at radius 2 is 2.14 bits per heavy atom. The van der Waals surface area contributed by atoms with Crippen LogP contribution in [0, 0.1) is 16.0 Å². The molecule has 0 aliphatic rings. The van der Waals surface area contributed by atoms with Crippen molar-refractivity contribution in [2.24, 2.45) is 5.92 Å². The largest absolute Gasteiger partial charge is 0.388 e. The van der Waals surface area contributed by atoms with Crippen LogP contribution in [0.15, 0.2) is 18.2 Å². The Labute approximate surface area is 128 Å². The van der Waals surface area contributed by atoms with Gasteiger partial charge < -0.3 is 10.4 Å². The third-order valence-corrected chi connectivity index (χ3v) is 3.84. The number of carbonyl (C=O) groups excluding carboxylic acids is 1. The van der Waals surface area contributed by atoms with E-state index in [1.807, 2.05) is 13.8 Å². The molecule has 0 fully saturated rings. The van der Waals surface area contributed by atoms with E-state index >= 15 is 0 Å². The van der Waals surface area contributed by atoms with E-state index in [0.717, 1.165) is 0 Å². The summed E-state index contributed by atoms with van der Waals surface area (Å²) in [6.07, 6.45) is 0.00496. The van der Waals surface area contributed by atoms with Gasteiger partial charge >= 0.3 is 0 Å². The first kappa shape index (κ1) is 17.4. The molecule has 21 heavy (non-hydrogen) atoms. The third-order valence-electron chi connectivity index (χ3n) is 3.49. The number of halogens is 1. The zero-order valence-corrected chi connectivity index (χ0v) is 13.0. The van der Waals surface area contributed by atoms with Crippen LogP contribution >= 0.6 is 11.6 Å². The molecule has 116 valence electrons. The number of non-ortho nitro benzene ring substituents is 1. The van der Waals surface area contributed by atoms with E-state index in [4.69, 9.17) is 11.6 Å². The number of benzene rings is 1. The molecule has 2 N–H and O–H groups in total. The van der Waals surface area contributed by atoms with E-state index in [9.17, 15) is 20.0 Å². The molecule has 7 heteroatoms. The first-order chi connectivity index (χ1) is 9.63. The predicted molar refractivity (Wildman–Crippen MR) is 80.3 cm³/mol. The van der Waals surface area contributed by atoms with Gasteiger partial charge in [-0.2, -0.15) is 0 Å². The molecule has 0 bridgehead atoms. The Hall–Kier alpha value is -1.66. The Kier molecular flexibility index (Phi) is 5.69. The van der Waals surface area contributed by atoms with Gasteiger partial charge in [-0.25, -0.2) is 0 Å². The van der Waals surface area contributed by atoms with Crippen LogP contribution in [-0.4, -0.2) is 28.1 Å². The molecule has 1 amide bonds. The summed E-state index contributed by atoms with van der Waals surface area (Å²) in [4.78, 5) is 21.9. The van der Waals surface area contributed by atoms with Gasteiger partial charge in [0.25, 0.3) is 5.69 Å². The number of nitro benzene ring substituents is 1. The van der Waals surface area contributed by atoms with Gasteiger partial charge in [0, 0.05) is 18.7 Å². The van der Waals surface area contributed by atoms with Crippen molar-refractivity contribution in [1.82, 2.24) is 5.32 Å². The van der Waals surface area contributed by atoms with Gasteiger partial charge in [-0.3, -0.25) is 14.9 Å². The van der Waals surface area contributed by atoms with Gasteiger partial charge in [0.1, 0.15) is 0 Å². The van der Waals surface area contributed by atoms with Crippen LogP contribution in [0.5, 0.6) is 0 Å². The molecule has 0 radical (unpaired) electrons. The lowest BCUT2D eigenvalue weighted by molar-refractivity contribution is -0.384. The van der Waals surface area contributed by atoms with Crippen molar-refractivity contribution in [3.05, 3.63) is 38.9 Å². The van der Waals surface area contributed by atoms with Crippen molar-refractivity contribution in [2.45, 2.75) is 32.8 Å². The lowest BCUT2D eigenvalue weighted by atomic mass is 9.92. The third kappa shape index (κ3) is 4.99. The molecular weight excluding hydrogens is 296 g/mol. The monoisotopic (exact) mass is 314 g/mol. The SMILES string of the molecule is CC(C)C(C)(O)CNC(=O)Cc1ccc([N+](=O)[O-])cc1Cl. The minimum atomic E-state index is -0.991. The summed E-state index contributed by atoms with van der Waals surface area (Å²) in [6, 6.07) is 3.98. The van der Waals surface area contributed by atoms with Crippen molar-refractivity contribution in [2.75, 3.05) is 6.54 Å². The highest BCUT2D eigenvalue weighted by molar-refractivity contribution is 6.31. The molecule has 0 spiro atoms. The number of nitrogens with one attached hydrogen (secondary N) is 1. The van der Waals surface area contributed by atoms with Crippen LogP contribution in [0.4, 0.5) is 5.69 Å². The van der Waals surface area contributed by atoms with Crippen molar-refractivity contribution < 1.29 is 14.8 Å². The van der Waals surface area contributed by atoms with Gasteiger partial charge in [0.2, 0.25) is 5.91 Å². The summed E-state index contributed by atoms with van der Waals surface area (Å²) >= 11 is 5.92. The molecule has 0 saturated carbocycles. The van der Waals surface area contributed by atoms with E-state index in [-0.39, 0.29) is 35.5 Å². The van der Waals surface area contributed by atoms with Crippen LogP contribution in [0.2, 0.25) is 5.02 Å². The fraction of sp³-hybridized carbons (Fsp3) is 0.500. The topological polar surface area (TPSA) is 92.5 Å². The quantitative estimate of drug-likeness (QED) is 0.622. The zero-order valence-electron chi connectivity index (χ0n) is 12.2. The van der Waals surface area contributed by atoms with E-state index in [1.165, 1.54) is 18.2 Å². The van der Waals surface area contributed by atoms with Crippen LogP contribution in [0.1, 0.15) is 26.3 Å². The van der Waals surface area contributed by atoms with Gasteiger partial charge in [-0.05, 0) is 18.4 Å². The Bertz CT molecular complexity index is 544. The second kappa shape index (κ2) is 6.87. The normalized spacial score (nSPS) is 13.8. The predicted octanol–water partition coefficient (Wildman–Crippen LogP) is 2.31. The molecule has 0 heterocycles. The van der Waals surface area contributed by atoms with Gasteiger partial charge in [0.15, 0.2) is 0 Å². The van der Waals surface area contributed by atoms with Gasteiger partial charge in [-0.15, -0.1) is 0 Å². The number of carbonyl (C=O) groups is 1. The highest BCUT2D eigenvalue weighted by atomic mass is 35.5. The average Bonchev–Trinajstić information content (AvgIpc) is 2.38. The number of rotatable bonds is 6. The Morgan fingerprint density at radius 3 is 2.62 bits per heavy atom. The van der Waals surface area contributed by atoms with Crippen LogP contribution in [-0.2, 0) is 11.2 Å². The standard InChI is InChI=1S/C14H19ClN2O4/c1-9(2)14(3,19)8-16-13(18)6-10-4-5-11(17(20)21)7-12(10)15/h4-5,7,9,19H,6,8H2,1-3H3,(H,16,18). The van der Waals surface area contributed by atoms with E-state index in [1.54, 1.807) is 6.92 Å². The molecule has 1 unspecified atom stereocenters. The first-order valence-electron chi connectivity index (χ1n) is 6.55. The Morgan fingerprint density at radius 1 is 1.52 bits per heavy atom. The number of hydrogen-bond donors (Lipinski definition) is 2. The second-order valence-corrected chi connectivity index (χ2v) is 5.91. The summed E-state index contributed by atoms with van der Waals surface area (Å²) in [5.41, 5.74) is -0.606.